The van der Waals surface area contributed by atoms with Gasteiger partial charge in [-0.3, -0.25) is 4.99 Å². The number of nitrogens with one attached hydrogen (secondary N) is 2. The Morgan fingerprint density at radius 1 is 1.17 bits per heavy atom. The third kappa shape index (κ3) is 8.50. The minimum absolute atomic E-state index is 0. The lowest BCUT2D eigenvalue weighted by Gasteiger charge is -2.19. The quantitative estimate of drug-likeness (QED) is 0.289. The highest BCUT2D eigenvalue weighted by Crippen LogP contribution is 2.23. The van der Waals surface area contributed by atoms with Crippen LogP contribution in [-0.2, 0) is 21.7 Å². The third-order valence-corrected chi connectivity index (χ3v) is 7.04. The topological polar surface area (TPSA) is 83.5 Å². The Hall–Kier alpha value is -1.20. The van der Waals surface area contributed by atoms with Crippen molar-refractivity contribution in [2.75, 3.05) is 25.4 Å². The lowest BCUT2D eigenvalue weighted by atomic mass is 9.87. The number of aromatic nitrogens is 1. The van der Waals surface area contributed by atoms with Crippen LogP contribution in [0.5, 0.6) is 0 Å². The first-order chi connectivity index (χ1) is 13.6. The van der Waals surface area contributed by atoms with E-state index in [-0.39, 0.29) is 41.7 Å². The summed E-state index contributed by atoms with van der Waals surface area (Å²) < 4.78 is 25.2. The van der Waals surface area contributed by atoms with E-state index in [2.05, 4.69) is 41.4 Å². The zero-order valence-corrected chi connectivity index (χ0v) is 22.3. The summed E-state index contributed by atoms with van der Waals surface area (Å²) in [4.78, 5) is 10.3. The fourth-order valence-corrected chi connectivity index (χ4v) is 4.61. The maximum Gasteiger partial charge on any atom is 0.191 e. The normalized spacial score (nSPS) is 12.4. The van der Waals surface area contributed by atoms with Crippen molar-refractivity contribution in [1.29, 1.82) is 0 Å². The van der Waals surface area contributed by atoms with Crippen LogP contribution in [0.3, 0.4) is 0 Å². The molecule has 0 fully saturated rings. The first-order valence-electron chi connectivity index (χ1n) is 9.88. The van der Waals surface area contributed by atoms with E-state index in [1.807, 2.05) is 32.2 Å². The monoisotopic (exact) mass is 564 g/mol. The number of hydrogen-bond acceptors (Lipinski definition) is 5. The average Bonchev–Trinajstić information content (AvgIpc) is 3.06. The number of hydrogen-bond donors (Lipinski definition) is 2. The standard InChI is InChI=1S/C21H32N4O2S2.HI/c1-6-22-20(23-12-11-19-25-15-16(2)28-19)24-13-14-29(26,27)18-9-7-17(8-10-18)21(3,4)5;/h7-10,15H,6,11-14H2,1-5H3,(H2,22,23,24);1H. The second-order valence-electron chi connectivity index (χ2n) is 7.90. The van der Waals surface area contributed by atoms with Crippen molar-refractivity contribution in [1.82, 2.24) is 15.6 Å². The number of guanidine groups is 1. The molecule has 30 heavy (non-hydrogen) atoms. The molecule has 0 aliphatic carbocycles. The van der Waals surface area contributed by atoms with Gasteiger partial charge in [-0.25, -0.2) is 13.4 Å². The molecule has 0 radical (unpaired) electrons. The molecule has 1 heterocycles. The van der Waals surface area contributed by atoms with Crippen molar-refractivity contribution in [2.24, 2.45) is 4.99 Å². The molecule has 168 valence electrons. The Labute approximate surface area is 201 Å². The number of halogens is 1. The molecule has 2 rings (SSSR count). The fraction of sp³-hybridized carbons (Fsp3) is 0.524. The molecule has 0 aliphatic rings. The maximum atomic E-state index is 12.6. The molecule has 9 heteroatoms. The lowest BCUT2D eigenvalue weighted by molar-refractivity contribution is 0.586. The van der Waals surface area contributed by atoms with Crippen LogP contribution in [0.15, 0.2) is 40.4 Å². The molecule has 6 nitrogen and oxygen atoms in total. The summed E-state index contributed by atoms with van der Waals surface area (Å²) in [6, 6.07) is 7.17. The molecule has 0 saturated carbocycles. The van der Waals surface area contributed by atoms with Crippen LogP contribution in [0, 0.1) is 6.92 Å². The van der Waals surface area contributed by atoms with Gasteiger partial charge in [-0.05, 0) is 37.0 Å². The predicted molar refractivity (Wildman–Crippen MR) is 137 cm³/mol. The summed E-state index contributed by atoms with van der Waals surface area (Å²) in [5.74, 6) is 0.600. The van der Waals surface area contributed by atoms with Crippen LogP contribution in [-0.4, -0.2) is 44.7 Å². The Morgan fingerprint density at radius 2 is 1.83 bits per heavy atom. The molecule has 0 aliphatic heterocycles. The third-order valence-electron chi connectivity index (χ3n) is 4.35. The Kier molecular flexibility index (Phi) is 10.7. The number of sulfone groups is 1. The van der Waals surface area contributed by atoms with Crippen molar-refractivity contribution < 1.29 is 8.42 Å². The van der Waals surface area contributed by atoms with Gasteiger partial charge in [0.1, 0.15) is 0 Å². The molecule has 2 N–H and O–H groups in total. The van der Waals surface area contributed by atoms with Gasteiger partial charge in [-0.15, -0.1) is 35.3 Å². The molecule has 2 aromatic rings. The number of rotatable bonds is 8. The Bertz CT molecular complexity index is 917. The average molecular weight is 565 g/mol. The maximum absolute atomic E-state index is 12.6. The van der Waals surface area contributed by atoms with Crippen LogP contribution in [0.4, 0.5) is 0 Å². The predicted octanol–water partition coefficient (Wildman–Crippen LogP) is 3.94. The number of nitrogens with zero attached hydrogens (tertiary/aromatic N) is 2. The minimum Gasteiger partial charge on any atom is -0.357 e. The summed E-state index contributed by atoms with van der Waals surface area (Å²) in [7, 11) is -3.36. The molecule has 0 spiro atoms. The zero-order chi connectivity index (χ0) is 21.5. The molecule has 0 saturated heterocycles. The van der Waals surface area contributed by atoms with Gasteiger partial charge in [0.2, 0.25) is 0 Å². The van der Waals surface area contributed by atoms with Gasteiger partial charge in [-0.1, -0.05) is 32.9 Å². The van der Waals surface area contributed by atoms with Gasteiger partial charge in [-0.2, -0.15) is 0 Å². The van der Waals surface area contributed by atoms with Crippen molar-refractivity contribution in [3.8, 4) is 0 Å². The van der Waals surface area contributed by atoms with E-state index in [9.17, 15) is 8.42 Å². The van der Waals surface area contributed by atoms with Crippen LogP contribution >= 0.6 is 35.3 Å². The van der Waals surface area contributed by atoms with Crippen molar-refractivity contribution in [3.05, 3.63) is 45.9 Å². The molecular formula is C21H33IN4O2S2. The van der Waals surface area contributed by atoms with Gasteiger partial charge < -0.3 is 10.6 Å². The number of thiazole rings is 1. The number of benzene rings is 1. The second-order valence-corrected chi connectivity index (χ2v) is 11.3. The fourth-order valence-electron chi connectivity index (χ4n) is 2.70. The van der Waals surface area contributed by atoms with Gasteiger partial charge in [0, 0.05) is 30.6 Å². The van der Waals surface area contributed by atoms with Crippen LogP contribution < -0.4 is 10.6 Å². The van der Waals surface area contributed by atoms with Crippen molar-refractivity contribution in [3.63, 3.8) is 0 Å². The van der Waals surface area contributed by atoms with Gasteiger partial charge in [0.25, 0.3) is 0 Å². The van der Waals surface area contributed by atoms with Crippen molar-refractivity contribution >= 4 is 51.1 Å². The van der Waals surface area contributed by atoms with Gasteiger partial charge >= 0.3 is 0 Å². The molecule has 0 atom stereocenters. The summed E-state index contributed by atoms with van der Waals surface area (Å²) in [6.45, 7) is 12.0. The van der Waals surface area contributed by atoms with Crippen LogP contribution in [0.1, 0.15) is 43.1 Å². The molecule has 0 unspecified atom stereocenters. The van der Waals surface area contributed by atoms with E-state index in [1.54, 1.807) is 23.5 Å². The highest BCUT2D eigenvalue weighted by atomic mass is 127. The first-order valence-corrected chi connectivity index (χ1v) is 12.4. The summed E-state index contributed by atoms with van der Waals surface area (Å²) in [6.07, 6.45) is 2.68. The molecule has 0 amide bonds. The molecule has 0 bridgehead atoms. The van der Waals surface area contributed by atoms with Gasteiger partial charge in [0.15, 0.2) is 15.8 Å². The molecule has 1 aromatic carbocycles. The number of aryl methyl sites for hydroxylation is 1. The summed E-state index contributed by atoms with van der Waals surface area (Å²) in [5, 5.41) is 7.47. The lowest BCUT2D eigenvalue weighted by Crippen LogP contribution is -2.38. The van der Waals surface area contributed by atoms with Crippen LogP contribution in [0.25, 0.3) is 0 Å². The smallest absolute Gasteiger partial charge is 0.191 e. The zero-order valence-electron chi connectivity index (χ0n) is 18.4. The SMILES string of the molecule is CCNC(=NCCS(=O)(=O)c1ccc(C(C)(C)C)cc1)NCCc1ncc(C)s1.I. The molecular weight excluding hydrogens is 531 g/mol. The summed E-state index contributed by atoms with van der Waals surface area (Å²) >= 11 is 1.68. The Balaban J connectivity index is 0.00000450. The summed E-state index contributed by atoms with van der Waals surface area (Å²) in [5.41, 5.74) is 1.11. The van der Waals surface area contributed by atoms with E-state index < -0.39 is 9.84 Å². The van der Waals surface area contributed by atoms with E-state index in [0.29, 0.717) is 23.9 Å². The van der Waals surface area contributed by atoms with E-state index in [4.69, 9.17) is 0 Å². The van der Waals surface area contributed by atoms with E-state index >= 15 is 0 Å². The first kappa shape index (κ1) is 26.8. The van der Waals surface area contributed by atoms with Gasteiger partial charge in [0.05, 0.1) is 22.2 Å². The largest absolute Gasteiger partial charge is 0.357 e. The van der Waals surface area contributed by atoms with Crippen molar-refractivity contribution in [2.45, 2.75) is 51.3 Å². The van der Waals surface area contributed by atoms with Crippen LogP contribution in [0.2, 0.25) is 0 Å². The van der Waals surface area contributed by atoms with E-state index in [1.165, 1.54) is 4.88 Å². The molecule has 1 aromatic heterocycles. The second kappa shape index (κ2) is 12.0. The highest BCUT2D eigenvalue weighted by Gasteiger charge is 2.17. The number of aliphatic imine (C=N–C) groups is 1. The highest BCUT2D eigenvalue weighted by molar-refractivity contribution is 14.0. The van der Waals surface area contributed by atoms with E-state index in [0.717, 1.165) is 17.0 Å². The Morgan fingerprint density at radius 3 is 2.37 bits per heavy atom. The minimum atomic E-state index is -3.36.